The minimum Gasteiger partial charge on any atom is -0.377 e. The average Bonchev–Trinajstić information content (AvgIpc) is 2.98. The summed E-state index contributed by atoms with van der Waals surface area (Å²) in [6.07, 6.45) is 7.68. The van der Waals surface area contributed by atoms with E-state index in [1.807, 2.05) is 13.2 Å². The van der Waals surface area contributed by atoms with Gasteiger partial charge in [-0.05, 0) is 19.3 Å². The first-order chi connectivity index (χ1) is 11.3. The molecule has 2 aromatic rings. The number of nitrogens with zero attached hydrogens (tertiary/aromatic N) is 6. The molecule has 4 rings (SSSR count). The maximum absolute atomic E-state index is 5.87. The minimum atomic E-state index is 0.430. The predicted molar refractivity (Wildman–Crippen MR) is 88.5 cm³/mol. The van der Waals surface area contributed by atoms with Crippen LogP contribution in [0.25, 0.3) is 11.0 Å². The van der Waals surface area contributed by atoms with Gasteiger partial charge in [-0.1, -0.05) is 0 Å². The number of anilines is 1. The van der Waals surface area contributed by atoms with E-state index in [4.69, 9.17) is 4.74 Å². The Morgan fingerprint density at radius 3 is 2.83 bits per heavy atom. The molecular formula is C16H24N6O. The Morgan fingerprint density at radius 1 is 1.17 bits per heavy atom. The first-order valence-electron chi connectivity index (χ1n) is 8.53. The second-order valence-corrected chi connectivity index (χ2v) is 6.48. The van der Waals surface area contributed by atoms with Crippen LogP contribution in [-0.2, 0) is 11.8 Å². The van der Waals surface area contributed by atoms with E-state index in [0.717, 1.165) is 56.2 Å². The van der Waals surface area contributed by atoms with Gasteiger partial charge in [-0.15, -0.1) is 0 Å². The van der Waals surface area contributed by atoms with Crippen LogP contribution in [0.2, 0.25) is 0 Å². The van der Waals surface area contributed by atoms with Crippen LogP contribution < -0.4 is 4.90 Å². The van der Waals surface area contributed by atoms with E-state index >= 15 is 0 Å². The maximum atomic E-state index is 5.87. The third kappa shape index (κ3) is 3.03. The molecule has 0 amide bonds. The number of piperazine rings is 1. The Morgan fingerprint density at radius 2 is 2.04 bits per heavy atom. The summed E-state index contributed by atoms with van der Waals surface area (Å²) in [5.41, 5.74) is 0.896. The molecule has 23 heavy (non-hydrogen) atoms. The van der Waals surface area contributed by atoms with Crippen LogP contribution in [0, 0.1) is 0 Å². The average molecular weight is 316 g/mol. The molecule has 0 aliphatic carbocycles. The first kappa shape index (κ1) is 14.8. The van der Waals surface area contributed by atoms with Crippen molar-refractivity contribution in [3.05, 3.63) is 12.5 Å². The summed E-state index contributed by atoms with van der Waals surface area (Å²) in [7, 11) is 1.92. The highest BCUT2D eigenvalue weighted by molar-refractivity contribution is 5.86. The van der Waals surface area contributed by atoms with E-state index in [1.54, 1.807) is 11.0 Å². The molecule has 2 aliphatic heterocycles. The Kier molecular flexibility index (Phi) is 4.13. The van der Waals surface area contributed by atoms with E-state index in [1.165, 1.54) is 19.3 Å². The molecule has 0 bridgehead atoms. The summed E-state index contributed by atoms with van der Waals surface area (Å²) in [5.74, 6) is 1.01. The Bertz CT molecular complexity index is 658. The summed E-state index contributed by atoms with van der Waals surface area (Å²) in [5, 5.41) is 5.34. The number of hydrogen-bond donors (Lipinski definition) is 0. The lowest BCUT2D eigenvalue weighted by molar-refractivity contribution is -0.00646. The van der Waals surface area contributed by atoms with Gasteiger partial charge in [-0.3, -0.25) is 9.58 Å². The molecular weight excluding hydrogens is 292 g/mol. The van der Waals surface area contributed by atoms with Crippen molar-refractivity contribution < 1.29 is 4.74 Å². The van der Waals surface area contributed by atoms with Gasteiger partial charge in [0.05, 0.1) is 17.7 Å². The minimum absolute atomic E-state index is 0.430. The van der Waals surface area contributed by atoms with Crippen molar-refractivity contribution in [2.24, 2.45) is 7.05 Å². The highest BCUT2D eigenvalue weighted by Gasteiger charge is 2.24. The number of aromatic nitrogens is 4. The third-order valence-electron chi connectivity index (χ3n) is 4.92. The van der Waals surface area contributed by atoms with Gasteiger partial charge in [0.25, 0.3) is 0 Å². The standard InChI is InChI=1S/C16H24N6O/c1-20-15-14(10-19-20)16(18-12-17-15)22-7-5-21(6-8-22)11-13-4-2-3-9-23-13/h10,12-13H,2-9,11H2,1H3/t13-/m0/s1. The SMILES string of the molecule is Cn1ncc2c(N3CCN(C[C@@H]4CCCCO4)CC3)ncnc21. The Labute approximate surface area is 136 Å². The van der Waals surface area contributed by atoms with Gasteiger partial charge in [0, 0.05) is 46.4 Å². The van der Waals surface area contributed by atoms with Crippen LogP contribution in [-0.4, -0.2) is 70.1 Å². The highest BCUT2D eigenvalue weighted by atomic mass is 16.5. The lowest BCUT2D eigenvalue weighted by Crippen LogP contribution is -2.49. The predicted octanol–water partition coefficient (Wildman–Crippen LogP) is 1.05. The molecule has 0 unspecified atom stereocenters. The fourth-order valence-corrected chi connectivity index (χ4v) is 3.58. The number of fused-ring (bicyclic) bond motifs is 1. The third-order valence-corrected chi connectivity index (χ3v) is 4.92. The van der Waals surface area contributed by atoms with E-state index in [-0.39, 0.29) is 0 Å². The summed E-state index contributed by atoms with van der Waals surface area (Å²) < 4.78 is 7.67. The summed E-state index contributed by atoms with van der Waals surface area (Å²) in [4.78, 5) is 13.7. The van der Waals surface area contributed by atoms with Crippen LogP contribution in [0.4, 0.5) is 5.82 Å². The molecule has 0 aromatic carbocycles. The van der Waals surface area contributed by atoms with E-state index in [2.05, 4.69) is 24.9 Å². The van der Waals surface area contributed by atoms with Crippen molar-refractivity contribution in [3.63, 3.8) is 0 Å². The van der Waals surface area contributed by atoms with Crippen molar-refractivity contribution in [1.82, 2.24) is 24.6 Å². The molecule has 2 aromatic heterocycles. The van der Waals surface area contributed by atoms with Crippen molar-refractivity contribution >= 4 is 16.9 Å². The lowest BCUT2D eigenvalue weighted by Gasteiger charge is -2.37. The topological polar surface area (TPSA) is 59.3 Å². The second-order valence-electron chi connectivity index (χ2n) is 6.48. The normalized spacial score (nSPS) is 23.5. The molecule has 124 valence electrons. The zero-order valence-corrected chi connectivity index (χ0v) is 13.7. The number of ether oxygens (including phenoxy) is 1. The fourth-order valence-electron chi connectivity index (χ4n) is 3.58. The molecule has 2 fully saturated rings. The van der Waals surface area contributed by atoms with Gasteiger partial charge >= 0.3 is 0 Å². The molecule has 0 N–H and O–H groups in total. The summed E-state index contributed by atoms with van der Waals surface area (Å²) >= 11 is 0. The van der Waals surface area contributed by atoms with E-state index in [9.17, 15) is 0 Å². The lowest BCUT2D eigenvalue weighted by atomic mass is 10.1. The number of aryl methyl sites for hydroxylation is 1. The monoisotopic (exact) mass is 316 g/mol. The molecule has 4 heterocycles. The highest BCUT2D eigenvalue weighted by Crippen LogP contribution is 2.23. The number of rotatable bonds is 3. The van der Waals surface area contributed by atoms with Crippen molar-refractivity contribution in [2.45, 2.75) is 25.4 Å². The number of hydrogen-bond acceptors (Lipinski definition) is 6. The molecule has 1 atom stereocenters. The van der Waals surface area contributed by atoms with Crippen LogP contribution >= 0.6 is 0 Å². The molecule has 2 saturated heterocycles. The quantitative estimate of drug-likeness (QED) is 0.844. The van der Waals surface area contributed by atoms with Crippen LogP contribution in [0.1, 0.15) is 19.3 Å². The zero-order chi connectivity index (χ0) is 15.6. The second kappa shape index (κ2) is 6.41. The first-order valence-corrected chi connectivity index (χ1v) is 8.53. The molecule has 7 heteroatoms. The van der Waals surface area contributed by atoms with Gasteiger partial charge in [0.15, 0.2) is 5.65 Å². The van der Waals surface area contributed by atoms with Crippen molar-refractivity contribution in [3.8, 4) is 0 Å². The summed E-state index contributed by atoms with van der Waals surface area (Å²) in [6, 6.07) is 0. The van der Waals surface area contributed by atoms with Gasteiger partial charge in [0.1, 0.15) is 12.1 Å². The van der Waals surface area contributed by atoms with Gasteiger partial charge in [-0.2, -0.15) is 5.10 Å². The van der Waals surface area contributed by atoms with Gasteiger partial charge in [0.2, 0.25) is 0 Å². The molecule has 2 aliphatic rings. The summed E-state index contributed by atoms with van der Waals surface area (Å²) in [6.45, 7) is 6.11. The van der Waals surface area contributed by atoms with E-state index in [0.29, 0.717) is 6.10 Å². The van der Waals surface area contributed by atoms with Crippen LogP contribution in [0.3, 0.4) is 0 Å². The molecule has 0 spiro atoms. The molecule has 0 radical (unpaired) electrons. The van der Waals surface area contributed by atoms with Crippen LogP contribution in [0.5, 0.6) is 0 Å². The van der Waals surface area contributed by atoms with Gasteiger partial charge < -0.3 is 9.64 Å². The smallest absolute Gasteiger partial charge is 0.163 e. The van der Waals surface area contributed by atoms with Crippen molar-refractivity contribution in [1.29, 1.82) is 0 Å². The van der Waals surface area contributed by atoms with Crippen LogP contribution in [0.15, 0.2) is 12.5 Å². The Hall–Kier alpha value is -1.73. The Balaban J connectivity index is 1.40. The fraction of sp³-hybridized carbons (Fsp3) is 0.688. The zero-order valence-electron chi connectivity index (χ0n) is 13.7. The largest absolute Gasteiger partial charge is 0.377 e. The maximum Gasteiger partial charge on any atom is 0.163 e. The van der Waals surface area contributed by atoms with E-state index < -0.39 is 0 Å². The molecule has 0 saturated carbocycles. The molecule has 7 nitrogen and oxygen atoms in total. The van der Waals surface area contributed by atoms with Gasteiger partial charge in [-0.25, -0.2) is 9.97 Å². The van der Waals surface area contributed by atoms with Crippen molar-refractivity contribution in [2.75, 3.05) is 44.2 Å².